The van der Waals surface area contributed by atoms with Crippen molar-refractivity contribution in [2.45, 2.75) is 6.54 Å². The van der Waals surface area contributed by atoms with Crippen LogP contribution in [0.2, 0.25) is 0 Å². The van der Waals surface area contributed by atoms with Crippen LogP contribution in [0, 0.1) is 0 Å². The maximum atomic E-state index is 5.24. The van der Waals surface area contributed by atoms with Gasteiger partial charge >= 0.3 is 0 Å². The lowest BCUT2D eigenvalue weighted by Crippen LogP contribution is -2.28. The van der Waals surface area contributed by atoms with E-state index in [9.17, 15) is 0 Å². The van der Waals surface area contributed by atoms with Crippen LogP contribution in [0.15, 0.2) is 48.8 Å². The Morgan fingerprint density at radius 1 is 1.25 bits per heavy atom. The minimum absolute atomic E-state index is 0.847. The predicted octanol–water partition coefficient (Wildman–Crippen LogP) is 2.32. The van der Waals surface area contributed by atoms with Crippen LogP contribution in [0.5, 0.6) is 5.75 Å². The van der Waals surface area contributed by atoms with E-state index in [1.165, 1.54) is 5.56 Å². The van der Waals surface area contributed by atoms with Crippen LogP contribution in [-0.2, 0) is 6.54 Å². The molecule has 2 rings (SSSR count). The first-order valence-electron chi connectivity index (χ1n) is 6.74. The lowest BCUT2D eigenvalue weighted by atomic mass is 10.2. The molecule has 0 amide bonds. The molecule has 0 radical (unpaired) electrons. The minimum atomic E-state index is 0.847. The standard InChI is InChI=1S/C16H21N3O/c1-19(15-6-3-7-16(11-15)20-2)10-9-18-13-14-5-4-8-17-12-14/h3-8,11-12,18H,9-10,13H2,1-2H3. The van der Waals surface area contributed by atoms with Gasteiger partial charge < -0.3 is 15.0 Å². The van der Waals surface area contributed by atoms with Gasteiger partial charge in [0.15, 0.2) is 0 Å². The van der Waals surface area contributed by atoms with Crippen LogP contribution in [0.3, 0.4) is 0 Å². The summed E-state index contributed by atoms with van der Waals surface area (Å²) in [5.74, 6) is 0.887. The average Bonchev–Trinajstić information content (AvgIpc) is 2.52. The largest absolute Gasteiger partial charge is 0.497 e. The van der Waals surface area contributed by atoms with Gasteiger partial charge in [0.05, 0.1) is 7.11 Å². The average molecular weight is 271 g/mol. The van der Waals surface area contributed by atoms with Crippen LogP contribution >= 0.6 is 0 Å². The number of hydrogen-bond acceptors (Lipinski definition) is 4. The molecule has 0 aliphatic rings. The number of nitrogens with zero attached hydrogens (tertiary/aromatic N) is 2. The Balaban J connectivity index is 1.76. The highest BCUT2D eigenvalue weighted by Gasteiger charge is 2.01. The molecule has 4 nitrogen and oxygen atoms in total. The quantitative estimate of drug-likeness (QED) is 0.784. The summed E-state index contributed by atoms with van der Waals surface area (Å²) in [6.45, 7) is 2.70. The zero-order chi connectivity index (χ0) is 14.2. The zero-order valence-electron chi connectivity index (χ0n) is 12.0. The first-order valence-corrected chi connectivity index (χ1v) is 6.74. The molecule has 0 aliphatic carbocycles. The van der Waals surface area contributed by atoms with E-state index < -0.39 is 0 Å². The topological polar surface area (TPSA) is 37.4 Å². The van der Waals surface area contributed by atoms with Crippen LogP contribution in [-0.4, -0.2) is 32.2 Å². The van der Waals surface area contributed by atoms with Crippen molar-refractivity contribution in [2.24, 2.45) is 0 Å². The molecule has 106 valence electrons. The van der Waals surface area contributed by atoms with Gasteiger partial charge in [-0.1, -0.05) is 12.1 Å². The van der Waals surface area contributed by atoms with E-state index in [4.69, 9.17) is 4.74 Å². The van der Waals surface area contributed by atoms with Gasteiger partial charge in [-0.3, -0.25) is 4.98 Å². The smallest absolute Gasteiger partial charge is 0.120 e. The van der Waals surface area contributed by atoms with Crippen molar-refractivity contribution in [3.63, 3.8) is 0 Å². The third kappa shape index (κ3) is 4.24. The third-order valence-corrected chi connectivity index (χ3v) is 3.17. The van der Waals surface area contributed by atoms with E-state index in [2.05, 4.69) is 34.4 Å². The monoisotopic (exact) mass is 271 g/mol. The number of hydrogen-bond donors (Lipinski definition) is 1. The number of nitrogens with one attached hydrogen (secondary N) is 1. The molecule has 0 spiro atoms. The van der Waals surface area contributed by atoms with Gasteiger partial charge in [-0.25, -0.2) is 0 Å². The SMILES string of the molecule is COc1cccc(N(C)CCNCc2cccnc2)c1. The van der Waals surface area contributed by atoms with Gasteiger partial charge in [-0.2, -0.15) is 0 Å². The Morgan fingerprint density at radius 2 is 2.15 bits per heavy atom. The highest BCUT2D eigenvalue weighted by Crippen LogP contribution is 2.19. The Morgan fingerprint density at radius 3 is 2.90 bits per heavy atom. The van der Waals surface area contributed by atoms with E-state index in [0.29, 0.717) is 0 Å². The zero-order valence-corrected chi connectivity index (χ0v) is 12.0. The maximum Gasteiger partial charge on any atom is 0.120 e. The molecule has 4 heteroatoms. The van der Waals surface area contributed by atoms with Gasteiger partial charge in [0.2, 0.25) is 0 Å². The van der Waals surface area contributed by atoms with Gasteiger partial charge in [0.25, 0.3) is 0 Å². The summed E-state index contributed by atoms with van der Waals surface area (Å²) in [6.07, 6.45) is 3.68. The summed E-state index contributed by atoms with van der Waals surface area (Å²) in [6, 6.07) is 12.1. The summed E-state index contributed by atoms with van der Waals surface area (Å²) in [4.78, 5) is 6.31. The second kappa shape index (κ2) is 7.50. The van der Waals surface area contributed by atoms with Crippen molar-refractivity contribution >= 4 is 5.69 Å². The van der Waals surface area contributed by atoms with Gasteiger partial charge in [-0.05, 0) is 23.8 Å². The maximum absolute atomic E-state index is 5.24. The summed E-state index contributed by atoms with van der Waals surface area (Å²) in [7, 11) is 3.77. The molecule has 1 aromatic heterocycles. The molecular weight excluding hydrogens is 250 g/mol. The van der Waals surface area contributed by atoms with Crippen LogP contribution in [0.4, 0.5) is 5.69 Å². The first kappa shape index (κ1) is 14.3. The molecule has 20 heavy (non-hydrogen) atoms. The highest BCUT2D eigenvalue weighted by molar-refractivity contribution is 5.50. The van der Waals surface area contributed by atoms with E-state index in [-0.39, 0.29) is 0 Å². The molecule has 0 aliphatic heterocycles. The lowest BCUT2D eigenvalue weighted by molar-refractivity contribution is 0.415. The molecule has 0 unspecified atom stereocenters. The van der Waals surface area contributed by atoms with Crippen LogP contribution < -0.4 is 15.0 Å². The van der Waals surface area contributed by atoms with Crippen molar-refractivity contribution < 1.29 is 4.74 Å². The van der Waals surface area contributed by atoms with Crippen LogP contribution in [0.1, 0.15) is 5.56 Å². The fourth-order valence-electron chi connectivity index (χ4n) is 1.96. The van der Waals surface area contributed by atoms with E-state index in [1.807, 2.05) is 30.5 Å². The minimum Gasteiger partial charge on any atom is -0.497 e. The number of rotatable bonds is 7. The second-order valence-corrected chi connectivity index (χ2v) is 4.66. The van der Waals surface area contributed by atoms with Gasteiger partial charge in [0.1, 0.15) is 5.75 Å². The molecule has 1 heterocycles. The van der Waals surface area contributed by atoms with Gasteiger partial charge in [0, 0.05) is 50.8 Å². The fraction of sp³-hybridized carbons (Fsp3) is 0.312. The molecule has 0 atom stereocenters. The predicted molar refractivity (Wildman–Crippen MR) is 82.2 cm³/mol. The molecule has 0 bridgehead atoms. The normalized spacial score (nSPS) is 10.3. The molecular formula is C16H21N3O. The van der Waals surface area contributed by atoms with Crippen molar-refractivity contribution in [1.82, 2.24) is 10.3 Å². The summed E-state index contributed by atoms with van der Waals surface area (Å²) < 4.78 is 5.24. The van der Waals surface area contributed by atoms with E-state index in [1.54, 1.807) is 13.3 Å². The third-order valence-electron chi connectivity index (χ3n) is 3.17. The number of methoxy groups -OCH3 is 1. The Bertz CT molecular complexity index is 516. The first-order chi connectivity index (χ1) is 9.79. The number of ether oxygens (including phenoxy) is 1. The van der Waals surface area contributed by atoms with E-state index in [0.717, 1.165) is 31.1 Å². The number of pyridine rings is 1. The number of aromatic nitrogens is 1. The Hall–Kier alpha value is -2.07. The van der Waals surface area contributed by atoms with Crippen molar-refractivity contribution in [2.75, 3.05) is 32.1 Å². The summed E-state index contributed by atoms with van der Waals surface area (Å²) >= 11 is 0. The number of benzene rings is 1. The number of anilines is 1. The fourth-order valence-corrected chi connectivity index (χ4v) is 1.96. The molecule has 0 fully saturated rings. The van der Waals surface area contributed by atoms with Crippen molar-refractivity contribution in [3.8, 4) is 5.75 Å². The van der Waals surface area contributed by atoms with Crippen molar-refractivity contribution in [1.29, 1.82) is 0 Å². The number of likely N-dealkylation sites (N-methyl/N-ethyl adjacent to an activating group) is 1. The molecule has 0 saturated carbocycles. The molecule has 0 saturated heterocycles. The summed E-state index contributed by atoms with van der Waals surface area (Å²) in [5, 5.41) is 3.42. The van der Waals surface area contributed by atoms with Crippen molar-refractivity contribution in [3.05, 3.63) is 54.4 Å². The second-order valence-electron chi connectivity index (χ2n) is 4.66. The molecule has 2 aromatic rings. The molecule has 1 N–H and O–H groups in total. The lowest BCUT2D eigenvalue weighted by Gasteiger charge is -2.20. The van der Waals surface area contributed by atoms with Gasteiger partial charge in [-0.15, -0.1) is 0 Å². The summed E-state index contributed by atoms with van der Waals surface area (Å²) in [5.41, 5.74) is 2.36. The Kier molecular flexibility index (Phi) is 5.38. The van der Waals surface area contributed by atoms with E-state index >= 15 is 0 Å². The highest BCUT2D eigenvalue weighted by atomic mass is 16.5. The molecule has 1 aromatic carbocycles. The van der Waals surface area contributed by atoms with Crippen LogP contribution in [0.25, 0.3) is 0 Å². The Labute approximate surface area is 120 Å².